The Hall–Kier alpha value is -8.51. The fourth-order valence-corrected chi connectivity index (χ4v) is 8.22. The van der Waals surface area contributed by atoms with Gasteiger partial charge in [-0.3, -0.25) is 19.4 Å². The fraction of sp³-hybridized carbons (Fsp3) is 0.383. The number of nitriles is 1. The molecule has 9 N–H and O–H groups in total. The van der Waals surface area contributed by atoms with Gasteiger partial charge in [0.1, 0.15) is 36.2 Å². The second-order valence-corrected chi connectivity index (χ2v) is 19.1. The first kappa shape index (κ1) is 66.8. The molecule has 0 bridgehead atoms. The van der Waals surface area contributed by atoms with Crippen molar-refractivity contribution >= 4 is 48.0 Å². The van der Waals surface area contributed by atoms with Gasteiger partial charge >= 0.3 is 0 Å². The van der Waals surface area contributed by atoms with E-state index in [-0.39, 0.29) is 81.1 Å². The minimum absolute atomic E-state index is 0.0326. The number of hydrogen-bond acceptors (Lipinski definition) is 14. The lowest BCUT2D eigenvalue weighted by atomic mass is 9.91. The number of rotatable bonds is 16. The Morgan fingerprint density at radius 3 is 1.83 bits per heavy atom. The molecule has 0 aliphatic heterocycles. The molecule has 4 heterocycles. The molecule has 2 aliphatic carbocycles. The van der Waals surface area contributed by atoms with Crippen LogP contribution in [0.2, 0.25) is 0 Å². The summed E-state index contributed by atoms with van der Waals surface area (Å²) in [6, 6.07) is 23.7. The summed E-state index contributed by atoms with van der Waals surface area (Å²) in [4.78, 5) is 55.4. The highest BCUT2D eigenvalue weighted by atomic mass is 19.3. The van der Waals surface area contributed by atoms with Crippen molar-refractivity contribution in [1.29, 1.82) is 5.26 Å². The minimum Gasteiger partial charge on any atom is -0.475 e. The largest absolute Gasteiger partial charge is 0.475 e. The Kier molecular flexibility index (Phi) is 27.3. The molecular formula is C60H75F4N11O6. The van der Waals surface area contributed by atoms with E-state index in [1.165, 1.54) is 19.9 Å². The van der Waals surface area contributed by atoms with E-state index in [9.17, 15) is 32.7 Å². The molecule has 2 saturated carbocycles. The third-order valence-electron chi connectivity index (χ3n) is 12.4. The number of anilines is 4. The molecule has 2 fully saturated rings. The van der Waals surface area contributed by atoms with E-state index >= 15 is 0 Å². The first-order valence-electron chi connectivity index (χ1n) is 26.4. The smallest absolute Gasteiger partial charge is 0.248 e. The summed E-state index contributed by atoms with van der Waals surface area (Å²) in [5.41, 5.74) is 17.7. The normalized spacial score (nSPS) is 13.0. The fourth-order valence-electron chi connectivity index (χ4n) is 8.22. The maximum atomic E-state index is 14.9. The molecule has 3 amide bonds. The molecule has 8 rings (SSSR count). The van der Waals surface area contributed by atoms with E-state index in [1.807, 2.05) is 65.9 Å². The molecule has 0 unspecified atom stereocenters. The van der Waals surface area contributed by atoms with Crippen LogP contribution < -0.4 is 37.5 Å². The summed E-state index contributed by atoms with van der Waals surface area (Å²) in [5, 5.41) is 30.5. The van der Waals surface area contributed by atoms with Gasteiger partial charge in [0.15, 0.2) is 0 Å². The van der Waals surface area contributed by atoms with Crippen LogP contribution in [0, 0.1) is 42.2 Å². The summed E-state index contributed by atoms with van der Waals surface area (Å²) < 4.78 is 62.3. The van der Waals surface area contributed by atoms with E-state index in [0.29, 0.717) is 58.3 Å². The van der Waals surface area contributed by atoms with Gasteiger partial charge < -0.3 is 47.4 Å². The lowest BCUT2D eigenvalue weighted by Crippen LogP contribution is -2.32. The second kappa shape index (κ2) is 33.2. The maximum absolute atomic E-state index is 14.9. The van der Waals surface area contributed by atoms with Crippen LogP contribution in [0.5, 0.6) is 5.88 Å². The van der Waals surface area contributed by atoms with Gasteiger partial charge in [-0.05, 0) is 167 Å². The number of aromatic nitrogens is 4. The van der Waals surface area contributed by atoms with Crippen LogP contribution in [-0.2, 0) is 19.2 Å². The molecule has 21 heteroatoms. The number of nitrogens with one attached hydrogen (secondary N) is 4. The van der Waals surface area contributed by atoms with Crippen LogP contribution in [0.4, 0.5) is 40.6 Å². The third kappa shape index (κ3) is 21.6. The number of carbonyl (C=O) groups excluding carboxylic acids is 4. The van der Waals surface area contributed by atoms with Gasteiger partial charge in [-0.25, -0.2) is 32.5 Å². The molecule has 17 nitrogen and oxygen atoms in total. The predicted octanol–water partition coefficient (Wildman–Crippen LogP) is 11.5. The Labute approximate surface area is 471 Å². The number of pyridine rings is 4. The second-order valence-electron chi connectivity index (χ2n) is 19.1. The van der Waals surface area contributed by atoms with Crippen LogP contribution in [-0.4, -0.2) is 88.8 Å². The average molecular weight is 1120 g/mol. The number of aryl methyl sites for hydroxylation is 2. The zero-order valence-electron chi connectivity index (χ0n) is 47.4. The molecule has 0 spiro atoms. The molecular weight excluding hydrogens is 1050 g/mol. The molecule has 2 aliphatic rings. The van der Waals surface area contributed by atoms with Crippen molar-refractivity contribution in [2.75, 3.05) is 48.1 Å². The summed E-state index contributed by atoms with van der Waals surface area (Å²) in [7, 11) is 1.85. The zero-order chi connectivity index (χ0) is 60.3. The molecule has 2 aromatic carbocycles. The van der Waals surface area contributed by atoms with E-state index < -0.39 is 17.2 Å². The van der Waals surface area contributed by atoms with E-state index in [1.54, 1.807) is 49.6 Å². The van der Waals surface area contributed by atoms with Crippen molar-refractivity contribution < 1.29 is 46.6 Å². The molecule has 0 saturated heterocycles. The van der Waals surface area contributed by atoms with Gasteiger partial charge in [-0.1, -0.05) is 13.8 Å². The third-order valence-corrected chi connectivity index (χ3v) is 12.4. The van der Waals surface area contributed by atoms with Gasteiger partial charge in [-0.15, -0.1) is 0 Å². The van der Waals surface area contributed by atoms with E-state index in [4.69, 9.17) is 24.1 Å². The van der Waals surface area contributed by atoms with E-state index in [2.05, 4.69) is 65.9 Å². The number of aldehydes is 1. The van der Waals surface area contributed by atoms with Gasteiger partial charge in [0.25, 0.3) is 0 Å². The molecule has 6 aromatic rings. The number of primary amides is 2. The van der Waals surface area contributed by atoms with Crippen molar-refractivity contribution in [2.24, 2.45) is 16.9 Å². The first-order valence-corrected chi connectivity index (χ1v) is 26.4. The van der Waals surface area contributed by atoms with Crippen molar-refractivity contribution in [2.45, 2.75) is 118 Å². The number of amides is 3. The Morgan fingerprint density at radius 1 is 0.802 bits per heavy atom. The first-order chi connectivity index (χ1) is 38.7. The maximum Gasteiger partial charge on any atom is 0.248 e. The monoisotopic (exact) mass is 1120 g/mol. The Morgan fingerprint density at radius 2 is 1.31 bits per heavy atom. The Bertz CT molecular complexity index is 3040. The standard InChI is InChI=1S/C27H29F3N4O3.C27H30FN5.C2H4O.C2H6.2CH3NO/c1-16-11-22(28)24(33-20-3-6-27(29,30)7-4-20)15-21(16)19-12-23(34-26(14-19)37-10-9-35)18-5-8-31-25(13-18)32-17(2)36;1-17-11-22(28)25(31-10-8-27(2,3)16-29)15-21(17)20-12-23(18-5-6-18)33-24(13-20)19-7-9-32-26(14-19)30-4;1-2-3;1-2;2*2-1-3/h5,8,11-15,20,33,35H,3-4,6-7,9-10H2,1-2H3,(H,31,32,36);7,9,11-15,18,31H,5-6,8,10H2,1-4H3,(H,30,32);2H,1H3;1-2H3;2*1H,(H2,2,3). The Balaban J connectivity index is 0.000000363. The number of benzene rings is 2. The van der Waals surface area contributed by atoms with E-state index in [0.717, 1.165) is 58.6 Å². The minimum atomic E-state index is -2.67. The van der Waals surface area contributed by atoms with Crippen molar-refractivity contribution in [3.05, 3.63) is 114 Å². The SMILES string of the molecule is CC.CC(=O)Nc1cc(-c2cc(-c3cc(NC4CCC(F)(F)CC4)c(F)cc3C)cc(OCCO)n2)ccn1.CC=O.CNc1cc(-c2cc(-c3cc(NCCC(C)(C)C#N)c(F)cc3C)cc(C3CC3)n2)ccn1.NC=O.NC=O. The highest BCUT2D eigenvalue weighted by Gasteiger charge is 2.35. The average Bonchev–Trinajstić information content (AvgIpc) is 4.39. The molecule has 0 radical (unpaired) electrons. The summed E-state index contributed by atoms with van der Waals surface area (Å²) in [6.45, 7) is 14.7. The number of alkyl halides is 2. The van der Waals surface area contributed by atoms with Crippen LogP contribution in [0.1, 0.15) is 109 Å². The number of ether oxygens (including phenoxy) is 1. The highest BCUT2D eigenvalue weighted by molar-refractivity contribution is 5.88. The summed E-state index contributed by atoms with van der Waals surface area (Å²) in [6.07, 6.45) is 7.57. The molecule has 4 aromatic heterocycles. The van der Waals surface area contributed by atoms with Gasteiger partial charge in [-0.2, -0.15) is 5.26 Å². The van der Waals surface area contributed by atoms with Crippen molar-refractivity contribution in [3.63, 3.8) is 0 Å². The quantitative estimate of drug-likeness (QED) is 0.0351. The molecule has 0 atom stereocenters. The summed E-state index contributed by atoms with van der Waals surface area (Å²) in [5.74, 6) is -1.78. The van der Waals surface area contributed by atoms with Gasteiger partial charge in [0.2, 0.25) is 30.5 Å². The topological polar surface area (TPSA) is 273 Å². The number of aliphatic hydroxyl groups excluding tert-OH is 1. The molecule has 434 valence electrons. The lowest BCUT2D eigenvalue weighted by molar-refractivity contribution is -0.114. The zero-order valence-corrected chi connectivity index (χ0v) is 47.4. The molecule has 81 heavy (non-hydrogen) atoms. The number of carbonyl (C=O) groups is 4. The van der Waals surface area contributed by atoms with Crippen LogP contribution >= 0.6 is 0 Å². The number of aliphatic hydroxyl groups is 1. The lowest BCUT2D eigenvalue weighted by Gasteiger charge is -2.29. The van der Waals surface area contributed by atoms with Crippen LogP contribution in [0.25, 0.3) is 44.8 Å². The van der Waals surface area contributed by atoms with Crippen molar-refractivity contribution in [1.82, 2.24) is 19.9 Å². The number of nitrogens with zero attached hydrogens (tertiary/aromatic N) is 5. The van der Waals surface area contributed by atoms with Crippen LogP contribution in [0.3, 0.4) is 0 Å². The van der Waals surface area contributed by atoms with Crippen molar-refractivity contribution in [3.8, 4) is 56.7 Å². The van der Waals surface area contributed by atoms with Gasteiger partial charge in [0, 0.05) is 80.6 Å². The highest BCUT2D eigenvalue weighted by Crippen LogP contribution is 2.43. The summed E-state index contributed by atoms with van der Waals surface area (Å²) >= 11 is 0. The van der Waals surface area contributed by atoms with Crippen LogP contribution in [0.15, 0.2) is 85.2 Å². The van der Waals surface area contributed by atoms with Gasteiger partial charge in [0.05, 0.1) is 40.9 Å². The predicted molar refractivity (Wildman–Crippen MR) is 311 cm³/mol. The number of halogens is 4. The number of hydrogen-bond donors (Lipinski definition) is 7. The number of nitrogens with two attached hydrogens (primary N) is 2.